The molecule has 7 nitrogen and oxygen atoms in total. The van der Waals surface area contributed by atoms with Crippen molar-refractivity contribution in [2.45, 2.75) is 6.61 Å². The lowest BCUT2D eigenvalue weighted by atomic mass is 10.2. The van der Waals surface area contributed by atoms with E-state index in [0.29, 0.717) is 28.7 Å². The molecule has 0 unspecified atom stereocenters. The summed E-state index contributed by atoms with van der Waals surface area (Å²) in [4.78, 5) is 0. The van der Waals surface area contributed by atoms with Crippen LogP contribution in [-0.2, 0) is 6.61 Å². The lowest BCUT2D eigenvalue weighted by Crippen LogP contribution is -1.99. The van der Waals surface area contributed by atoms with Crippen LogP contribution in [0.3, 0.4) is 0 Å². The van der Waals surface area contributed by atoms with E-state index in [-0.39, 0.29) is 0 Å². The second kappa shape index (κ2) is 9.93. The van der Waals surface area contributed by atoms with Crippen molar-refractivity contribution in [3.05, 3.63) is 88.7 Å². The van der Waals surface area contributed by atoms with Gasteiger partial charge in [-0.1, -0.05) is 30.3 Å². The van der Waals surface area contributed by atoms with E-state index in [1.165, 1.54) is 0 Å². The zero-order valence-corrected chi connectivity index (χ0v) is 18.5. The van der Waals surface area contributed by atoms with Gasteiger partial charge >= 0.3 is 0 Å². The number of hydrogen-bond donors (Lipinski definition) is 1. The molecule has 0 radical (unpaired) electrons. The first-order chi connectivity index (χ1) is 15.7. The monoisotopic (exact) mass is 446 g/mol. The molecule has 0 aliphatic carbocycles. The number of hydrogen-bond acceptors (Lipinski definition) is 6. The van der Waals surface area contributed by atoms with Gasteiger partial charge in [0.25, 0.3) is 0 Å². The number of nitrogens with one attached hydrogen (secondary N) is 1. The Labute approximate surface area is 190 Å². The molecule has 0 amide bonds. The highest BCUT2D eigenvalue weighted by Crippen LogP contribution is 2.28. The standard InChI is InChI=1S/C24H22N4O3S/c1-29-20-11-9-19(10-12-20)23-26-27-24(32)28(23)25-15-18-8-13-21(30-2)22(14-18)31-16-17-6-4-3-5-7-17/h3-15H,16H2,1-2H3,(H,27,32). The van der Waals surface area contributed by atoms with Gasteiger partial charge in [0.15, 0.2) is 17.3 Å². The topological polar surface area (TPSA) is 73.7 Å². The number of methoxy groups -OCH3 is 2. The minimum absolute atomic E-state index is 0.390. The first-order valence-corrected chi connectivity index (χ1v) is 10.3. The Hall–Kier alpha value is -3.91. The number of rotatable bonds is 8. The van der Waals surface area contributed by atoms with Gasteiger partial charge in [0.05, 0.1) is 20.4 Å². The molecule has 162 valence electrons. The van der Waals surface area contributed by atoms with Crippen LogP contribution in [0.1, 0.15) is 11.1 Å². The fourth-order valence-electron chi connectivity index (χ4n) is 3.07. The van der Waals surface area contributed by atoms with E-state index in [0.717, 1.165) is 22.4 Å². The summed E-state index contributed by atoms with van der Waals surface area (Å²) in [6, 6.07) is 23.1. The second-order valence-electron chi connectivity index (χ2n) is 6.82. The van der Waals surface area contributed by atoms with E-state index in [1.807, 2.05) is 72.8 Å². The van der Waals surface area contributed by atoms with Gasteiger partial charge in [0, 0.05) is 5.56 Å². The van der Waals surface area contributed by atoms with Crippen LogP contribution in [-0.4, -0.2) is 35.3 Å². The molecule has 0 aliphatic rings. The Balaban J connectivity index is 1.58. The zero-order chi connectivity index (χ0) is 22.3. The summed E-state index contributed by atoms with van der Waals surface area (Å²) in [7, 11) is 3.24. The minimum Gasteiger partial charge on any atom is -0.497 e. The maximum absolute atomic E-state index is 5.99. The number of benzene rings is 3. The Morgan fingerprint density at radius 2 is 1.75 bits per heavy atom. The third-order valence-electron chi connectivity index (χ3n) is 4.75. The quantitative estimate of drug-likeness (QED) is 0.302. The van der Waals surface area contributed by atoms with Crippen molar-refractivity contribution in [1.82, 2.24) is 14.9 Å². The van der Waals surface area contributed by atoms with Crippen LogP contribution in [0.5, 0.6) is 17.2 Å². The van der Waals surface area contributed by atoms with Crippen molar-refractivity contribution in [3.8, 4) is 28.6 Å². The van der Waals surface area contributed by atoms with Gasteiger partial charge in [-0.2, -0.15) is 14.9 Å². The van der Waals surface area contributed by atoms with E-state index in [4.69, 9.17) is 26.4 Å². The molecule has 0 bridgehead atoms. The normalized spacial score (nSPS) is 10.9. The van der Waals surface area contributed by atoms with Crippen molar-refractivity contribution in [3.63, 3.8) is 0 Å². The van der Waals surface area contributed by atoms with Gasteiger partial charge in [0.1, 0.15) is 12.4 Å². The van der Waals surface area contributed by atoms with E-state index in [9.17, 15) is 0 Å². The third kappa shape index (κ3) is 4.87. The SMILES string of the molecule is COc1ccc(-c2n[nH]c(=S)n2N=Cc2ccc(OC)c(OCc3ccccc3)c2)cc1. The molecule has 3 aromatic carbocycles. The van der Waals surface area contributed by atoms with Crippen molar-refractivity contribution in [1.29, 1.82) is 0 Å². The summed E-state index contributed by atoms with van der Waals surface area (Å²) < 4.78 is 18.6. The number of H-pyrrole nitrogens is 1. The maximum atomic E-state index is 5.99. The molecule has 0 saturated heterocycles. The summed E-state index contributed by atoms with van der Waals surface area (Å²) in [5.74, 6) is 2.64. The number of nitrogens with zero attached hydrogens (tertiary/aromatic N) is 3. The molecule has 1 N–H and O–H groups in total. The molecule has 0 atom stereocenters. The van der Waals surface area contributed by atoms with Crippen LogP contribution >= 0.6 is 12.2 Å². The molecule has 0 spiro atoms. The van der Waals surface area contributed by atoms with Crippen LogP contribution in [0, 0.1) is 4.77 Å². The van der Waals surface area contributed by atoms with Gasteiger partial charge in [0.2, 0.25) is 4.77 Å². The molecule has 32 heavy (non-hydrogen) atoms. The third-order valence-corrected chi connectivity index (χ3v) is 5.01. The highest BCUT2D eigenvalue weighted by atomic mass is 32.1. The van der Waals surface area contributed by atoms with Crippen LogP contribution in [0.15, 0.2) is 77.9 Å². The van der Waals surface area contributed by atoms with Crippen molar-refractivity contribution >= 4 is 18.4 Å². The Bertz CT molecular complexity index is 1260. The molecule has 1 heterocycles. The predicted molar refractivity (Wildman–Crippen MR) is 126 cm³/mol. The average molecular weight is 447 g/mol. The van der Waals surface area contributed by atoms with E-state index in [1.54, 1.807) is 25.1 Å². The first kappa shape index (κ1) is 21.3. The van der Waals surface area contributed by atoms with Gasteiger partial charge in [-0.25, -0.2) is 5.10 Å². The lowest BCUT2D eigenvalue weighted by molar-refractivity contribution is 0.284. The lowest BCUT2D eigenvalue weighted by Gasteiger charge is -2.11. The van der Waals surface area contributed by atoms with Crippen LogP contribution < -0.4 is 14.2 Å². The zero-order valence-electron chi connectivity index (χ0n) is 17.7. The van der Waals surface area contributed by atoms with E-state index in [2.05, 4.69) is 15.3 Å². The van der Waals surface area contributed by atoms with Gasteiger partial charge < -0.3 is 14.2 Å². The van der Waals surface area contributed by atoms with E-state index < -0.39 is 0 Å². The van der Waals surface area contributed by atoms with E-state index >= 15 is 0 Å². The fourth-order valence-corrected chi connectivity index (χ4v) is 3.25. The van der Waals surface area contributed by atoms with Crippen LogP contribution in [0.4, 0.5) is 0 Å². The van der Waals surface area contributed by atoms with Crippen molar-refractivity contribution < 1.29 is 14.2 Å². The molecule has 4 rings (SSSR count). The Morgan fingerprint density at radius 1 is 0.969 bits per heavy atom. The summed E-state index contributed by atoms with van der Waals surface area (Å²) in [5, 5.41) is 11.6. The largest absolute Gasteiger partial charge is 0.497 e. The molecular formula is C24H22N4O3S. The number of ether oxygens (including phenoxy) is 3. The summed E-state index contributed by atoms with van der Waals surface area (Å²) in [6.07, 6.45) is 1.70. The van der Waals surface area contributed by atoms with Gasteiger partial charge in [-0.3, -0.25) is 0 Å². The number of aromatic amines is 1. The van der Waals surface area contributed by atoms with Gasteiger partial charge in [-0.05, 0) is 65.8 Å². The smallest absolute Gasteiger partial charge is 0.216 e. The molecule has 4 aromatic rings. The highest BCUT2D eigenvalue weighted by molar-refractivity contribution is 7.71. The minimum atomic E-state index is 0.390. The summed E-state index contributed by atoms with van der Waals surface area (Å²) in [6.45, 7) is 0.437. The van der Waals surface area contributed by atoms with Gasteiger partial charge in [-0.15, -0.1) is 0 Å². The molecule has 1 aromatic heterocycles. The first-order valence-electron chi connectivity index (χ1n) is 9.89. The molecule has 0 fully saturated rings. The molecular weight excluding hydrogens is 424 g/mol. The van der Waals surface area contributed by atoms with Crippen molar-refractivity contribution in [2.24, 2.45) is 5.10 Å². The van der Waals surface area contributed by atoms with Crippen molar-refractivity contribution in [2.75, 3.05) is 14.2 Å². The highest BCUT2D eigenvalue weighted by Gasteiger charge is 2.09. The number of aromatic nitrogens is 3. The predicted octanol–water partition coefficient (Wildman–Crippen LogP) is 5.09. The average Bonchev–Trinajstić information content (AvgIpc) is 3.22. The molecule has 0 saturated carbocycles. The van der Waals surface area contributed by atoms with Crippen LogP contribution in [0.25, 0.3) is 11.4 Å². The summed E-state index contributed by atoms with van der Waals surface area (Å²) >= 11 is 5.36. The Kier molecular flexibility index (Phi) is 6.62. The second-order valence-corrected chi connectivity index (χ2v) is 7.21. The fraction of sp³-hybridized carbons (Fsp3) is 0.125. The maximum Gasteiger partial charge on any atom is 0.216 e. The molecule has 0 aliphatic heterocycles. The Morgan fingerprint density at radius 3 is 2.47 bits per heavy atom. The molecule has 8 heteroatoms. The summed E-state index contributed by atoms with van der Waals surface area (Å²) in [5.41, 5.74) is 2.76. The van der Waals surface area contributed by atoms with Crippen LogP contribution in [0.2, 0.25) is 0 Å².